The first-order chi connectivity index (χ1) is 12.2. The molecule has 4 rings (SSSR count). The fraction of sp³-hybridized carbons (Fsp3) is 0.118. The second-order valence-corrected chi connectivity index (χ2v) is 5.55. The zero-order chi connectivity index (χ0) is 17.2. The van der Waals surface area contributed by atoms with Crippen LogP contribution >= 0.6 is 0 Å². The van der Waals surface area contributed by atoms with Gasteiger partial charge in [0, 0.05) is 0 Å². The molecule has 1 amide bonds. The number of hydrogen-bond donors (Lipinski definition) is 2. The molecule has 0 saturated heterocycles. The number of carbonyl (C=O) groups is 1. The van der Waals surface area contributed by atoms with Gasteiger partial charge in [-0.3, -0.25) is 9.59 Å². The van der Waals surface area contributed by atoms with E-state index in [-0.39, 0.29) is 24.6 Å². The Morgan fingerprint density at radius 1 is 1.08 bits per heavy atom. The zero-order valence-corrected chi connectivity index (χ0v) is 13.1. The van der Waals surface area contributed by atoms with Crippen molar-refractivity contribution in [3.63, 3.8) is 0 Å². The van der Waals surface area contributed by atoms with E-state index in [1.165, 1.54) is 0 Å². The van der Waals surface area contributed by atoms with E-state index in [0.29, 0.717) is 16.7 Å². The van der Waals surface area contributed by atoms with Crippen LogP contribution in [0.3, 0.4) is 0 Å². The van der Waals surface area contributed by atoms with Gasteiger partial charge in [-0.25, -0.2) is 9.67 Å². The number of nitrogens with one attached hydrogen (secondary N) is 2. The van der Waals surface area contributed by atoms with Crippen molar-refractivity contribution in [2.24, 2.45) is 0 Å². The molecule has 8 nitrogen and oxygen atoms in total. The van der Waals surface area contributed by atoms with Gasteiger partial charge >= 0.3 is 0 Å². The Morgan fingerprint density at radius 3 is 2.68 bits per heavy atom. The van der Waals surface area contributed by atoms with E-state index in [2.05, 4.69) is 25.6 Å². The van der Waals surface area contributed by atoms with Crippen molar-refractivity contribution in [1.29, 1.82) is 0 Å². The van der Waals surface area contributed by atoms with Crippen LogP contribution in [-0.4, -0.2) is 30.9 Å². The van der Waals surface area contributed by atoms with Gasteiger partial charge in [-0.15, -0.1) is 5.10 Å². The first-order valence-corrected chi connectivity index (χ1v) is 7.73. The lowest BCUT2D eigenvalue weighted by molar-refractivity contribution is -0.122. The van der Waals surface area contributed by atoms with Crippen molar-refractivity contribution in [2.45, 2.75) is 13.1 Å². The third-order valence-corrected chi connectivity index (χ3v) is 3.81. The third kappa shape index (κ3) is 2.97. The van der Waals surface area contributed by atoms with Crippen molar-refractivity contribution < 1.29 is 4.79 Å². The minimum absolute atomic E-state index is 0.198. The number of rotatable bonds is 4. The van der Waals surface area contributed by atoms with Gasteiger partial charge in [-0.05, 0) is 24.3 Å². The summed E-state index contributed by atoms with van der Waals surface area (Å²) < 4.78 is 1.05. The second-order valence-electron chi connectivity index (χ2n) is 5.55. The predicted octanol–water partition coefficient (Wildman–Crippen LogP) is 0.984. The lowest BCUT2D eigenvalue weighted by atomic mass is 10.2. The number of imidazole rings is 1. The van der Waals surface area contributed by atoms with E-state index in [9.17, 15) is 9.59 Å². The number of H-pyrrole nitrogens is 1. The van der Waals surface area contributed by atoms with Gasteiger partial charge < -0.3 is 10.3 Å². The fourth-order valence-electron chi connectivity index (χ4n) is 2.59. The minimum atomic E-state index is -0.343. The maximum Gasteiger partial charge on any atom is 0.278 e. The molecular weight excluding hydrogens is 320 g/mol. The van der Waals surface area contributed by atoms with Crippen LogP contribution in [0, 0.1) is 0 Å². The Hall–Kier alpha value is -3.55. The minimum Gasteiger partial charge on any atom is -0.347 e. The molecule has 0 saturated carbocycles. The normalized spacial score (nSPS) is 11.0. The topological polar surface area (TPSA) is 106 Å². The largest absolute Gasteiger partial charge is 0.347 e. The molecule has 0 fully saturated rings. The summed E-state index contributed by atoms with van der Waals surface area (Å²) in [7, 11) is 0. The average molecular weight is 334 g/mol. The maximum atomic E-state index is 12.3. The van der Waals surface area contributed by atoms with Crippen molar-refractivity contribution >= 4 is 27.8 Å². The lowest BCUT2D eigenvalue weighted by Crippen LogP contribution is -2.34. The number of aromatic nitrogens is 5. The summed E-state index contributed by atoms with van der Waals surface area (Å²) in [5.41, 5.74) is 1.91. The predicted molar refractivity (Wildman–Crippen MR) is 91.7 cm³/mol. The first kappa shape index (κ1) is 15.0. The van der Waals surface area contributed by atoms with Gasteiger partial charge in [-0.2, -0.15) is 0 Å². The smallest absolute Gasteiger partial charge is 0.278 e. The fourth-order valence-corrected chi connectivity index (χ4v) is 2.59. The Morgan fingerprint density at radius 2 is 1.84 bits per heavy atom. The number of nitrogens with zero attached hydrogens (tertiary/aromatic N) is 4. The summed E-state index contributed by atoms with van der Waals surface area (Å²) >= 11 is 0. The Bertz CT molecular complexity index is 1100. The van der Waals surface area contributed by atoms with Gasteiger partial charge in [0.05, 0.1) is 23.0 Å². The van der Waals surface area contributed by atoms with Gasteiger partial charge in [0.1, 0.15) is 17.9 Å². The molecule has 2 aromatic heterocycles. The summed E-state index contributed by atoms with van der Waals surface area (Å²) in [6, 6.07) is 14.5. The molecule has 0 bridgehead atoms. The highest BCUT2D eigenvalue weighted by Gasteiger charge is 2.10. The van der Waals surface area contributed by atoms with Gasteiger partial charge in [0.25, 0.3) is 5.56 Å². The monoisotopic (exact) mass is 334 g/mol. The number of fused-ring (bicyclic) bond motifs is 2. The quantitative estimate of drug-likeness (QED) is 0.579. The molecule has 2 aromatic carbocycles. The summed E-state index contributed by atoms with van der Waals surface area (Å²) in [6.45, 7) is 0.0418. The average Bonchev–Trinajstić information content (AvgIpc) is 3.06. The molecule has 0 atom stereocenters. The highest BCUT2D eigenvalue weighted by atomic mass is 16.2. The molecule has 8 heteroatoms. The van der Waals surface area contributed by atoms with Crippen LogP contribution in [0.25, 0.3) is 21.9 Å². The molecule has 0 aliphatic heterocycles. The molecule has 124 valence electrons. The standard InChI is InChI=1S/C17H14N6O2/c24-16(18-9-15-19-13-7-3-4-8-14(13)20-15)10-23-17(25)11-5-1-2-6-12(11)21-22-23/h1-8H,9-10H2,(H,18,24)(H,19,20). The van der Waals surface area contributed by atoms with Crippen LogP contribution in [0.1, 0.15) is 5.82 Å². The molecule has 0 spiro atoms. The van der Waals surface area contributed by atoms with Crippen LogP contribution < -0.4 is 10.9 Å². The molecular formula is C17H14N6O2. The van der Waals surface area contributed by atoms with E-state index in [0.717, 1.165) is 15.7 Å². The highest BCUT2D eigenvalue weighted by molar-refractivity contribution is 5.78. The number of aromatic amines is 1. The Kier molecular flexibility index (Phi) is 3.70. The summed E-state index contributed by atoms with van der Waals surface area (Å²) in [6.07, 6.45) is 0. The molecule has 0 radical (unpaired) electrons. The van der Waals surface area contributed by atoms with Crippen molar-refractivity contribution in [2.75, 3.05) is 0 Å². The van der Waals surface area contributed by atoms with E-state index in [4.69, 9.17) is 0 Å². The number of amides is 1. The van der Waals surface area contributed by atoms with Crippen LogP contribution in [0.5, 0.6) is 0 Å². The lowest BCUT2D eigenvalue weighted by Gasteiger charge is -2.05. The van der Waals surface area contributed by atoms with Crippen molar-refractivity contribution in [1.82, 2.24) is 30.3 Å². The Balaban J connectivity index is 1.47. The van der Waals surface area contributed by atoms with Gasteiger partial charge in [0.15, 0.2) is 0 Å². The summed E-state index contributed by atoms with van der Waals surface area (Å²) in [4.78, 5) is 31.9. The van der Waals surface area contributed by atoms with Crippen LogP contribution in [0.15, 0.2) is 53.3 Å². The molecule has 0 unspecified atom stereocenters. The van der Waals surface area contributed by atoms with Crippen LogP contribution in [0.2, 0.25) is 0 Å². The zero-order valence-electron chi connectivity index (χ0n) is 13.1. The molecule has 2 N–H and O–H groups in total. The van der Waals surface area contributed by atoms with Gasteiger partial charge in [0.2, 0.25) is 5.91 Å². The number of para-hydroxylation sites is 2. The molecule has 4 aromatic rings. The second kappa shape index (κ2) is 6.16. The molecule has 25 heavy (non-hydrogen) atoms. The third-order valence-electron chi connectivity index (χ3n) is 3.81. The van der Waals surface area contributed by atoms with Crippen molar-refractivity contribution in [3.05, 3.63) is 64.7 Å². The maximum absolute atomic E-state index is 12.3. The summed E-state index contributed by atoms with van der Waals surface area (Å²) in [5, 5.41) is 10.9. The number of carbonyl (C=O) groups excluding carboxylic acids is 1. The Labute approximate surface area is 141 Å². The number of benzene rings is 2. The molecule has 0 aliphatic carbocycles. The van der Waals surface area contributed by atoms with E-state index in [1.807, 2.05) is 24.3 Å². The van der Waals surface area contributed by atoms with E-state index >= 15 is 0 Å². The van der Waals surface area contributed by atoms with E-state index in [1.54, 1.807) is 24.3 Å². The first-order valence-electron chi connectivity index (χ1n) is 7.73. The van der Waals surface area contributed by atoms with Crippen molar-refractivity contribution in [3.8, 4) is 0 Å². The highest BCUT2D eigenvalue weighted by Crippen LogP contribution is 2.09. The van der Waals surface area contributed by atoms with Crippen LogP contribution in [-0.2, 0) is 17.9 Å². The van der Waals surface area contributed by atoms with E-state index < -0.39 is 0 Å². The van der Waals surface area contributed by atoms with Crippen LogP contribution in [0.4, 0.5) is 0 Å². The number of hydrogen-bond acceptors (Lipinski definition) is 5. The SMILES string of the molecule is O=C(Cn1nnc2ccccc2c1=O)NCc1nc2ccccc2[nH]1. The van der Waals surface area contributed by atoms with Gasteiger partial charge in [-0.1, -0.05) is 29.5 Å². The molecule has 2 heterocycles. The summed E-state index contributed by atoms with van der Waals surface area (Å²) in [5.74, 6) is 0.304. The molecule has 0 aliphatic rings.